The highest BCUT2D eigenvalue weighted by atomic mass is 16.5. The first-order valence-corrected chi connectivity index (χ1v) is 6.17. The fraction of sp³-hybridized carbons (Fsp3) is 0.917. The molecule has 1 aliphatic rings. The Balaban J connectivity index is 2.46. The van der Waals surface area contributed by atoms with E-state index in [1.165, 1.54) is 20.0 Å². The number of carbonyl (C=O) groups is 1. The normalized spacial score (nSPS) is 31.4. The van der Waals surface area contributed by atoms with E-state index >= 15 is 0 Å². The van der Waals surface area contributed by atoms with E-state index in [1.807, 2.05) is 0 Å². The summed E-state index contributed by atoms with van der Waals surface area (Å²) < 4.78 is 5.02. The van der Waals surface area contributed by atoms with Crippen LogP contribution in [0.5, 0.6) is 0 Å². The average molecular weight is 228 g/mol. The molecular weight excluding hydrogens is 204 g/mol. The van der Waals surface area contributed by atoms with Crippen LogP contribution in [-0.2, 0) is 9.53 Å². The Kier molecular flexibility index (Phi) is 5.22. The third-order valence-electron chi connectivity index (χ3n) is 3.87. The standard InChI is InChI=1S/C12H24N2O2/c1-4-9-5-6-10(8(9)2)14-12(15)11(7-13)16-3/h8-11H,4-7,13H2,1-3H3,(H,14,15). The van der Waals surface area contributed by atoms with Crippen LogP contribution in [0, 0.1) is 11.8 Å². The molecule has 0 bridgehead atoms. The lowest BCUT2D eigenvalue weighted by atomic mass is 9.93. The predicted molar refractivity (Wildman–Crippen MR) is 64.0 cm³/mol. The maximum Gasteiger partial charge on any atom is 0.250 e. The van der Waals surface area contributed by atoms with Crippen molar-refractivity contribution < 1.29 is 9.53 Å². The first-order chi connectivity index (χ1) is 7.63. The predicted octanol–water partition coefficient (Wildman–Crippen LogP) is 0.901. The van der Waals surface area contributed by atoms with Gasteiger partial charge in [-0.15, -0.1) is 0 Å². The van der Waals surface area contributed by atoms with Crippen molar-refractivity contribution in [3.63, 3.8) is 0 Å². The van der Waals surface area contributed by atoms with Crippen LogP contribution in [-0.4, -0.2) is 31.7 Å². The van der Waals surface area contributed by atoms with Gasteiger partial charge in [-0.05, 0) is 24.7 Å². The minimum atomic E-state index is -0.507. The van der Waals surface area contributed by atoms with E-state index in [0.717, 1.165) is 12.3 Å². The molecule has 3 N–H and O–H groups in total. The Hall–Kier alpha value is -0.610. The smallest absolute Gasteiger partial charge is 0.250 e. The van der Waals surface area contributed by atoms with Crippen LogP contribution in [0.4, 0.5) is 0 Å². The number of amides is 1. The maximum atomic E-state index is 11.8. The van der Waals surface area contributed by atoms with Gasteiger partial charge >= 0.3 is 0 Å². The van der Waals surface area contributed by atoms with Crippen LogP contribution in [0.1, 0.15) is 33.1 Å². The monoisotopic (exact) mass is 228 g/mol. The van der Waals surface area contributed by atoms with E-state index in [9.17, 15) is 4.79 Å². The molecule has 0 heterocycles. The van der Waals surface area contributed by atoms with Gasteiger partial charge in [-0.3, -0.25) is 4.79 Å². The summed E-state index contributed by atoms with van der Waals surface area (Å²) in [5.74, 6) is 1.23. The van der Waals surface area contributed by atoms with Crippen molar-refractivity contribution in [3.05, 3.63) is 0 Å². The Labute approximate surface area is 97.9 Å². The average Bonchev–Trinajstić information content (AvgIpc) is 2.62. The topological polar surface area (TPSA) is 64.4 Å². The molecule has 1 saturated carbocycles. The zero-order valence-electron chi connectivity index (χ0n) is 10.5. The number of hydrogen-bond donors (Lipinski definition) is 2. The fourth-order valence-corrected chi connectivity index (χ4v) is 2.61. The van der Waals surface area contributed by atoms with Crippen LogP contribution in [0.3, 0.4) is 0 Å². The van der Waals surface area contributed by atoms with E-state index < -0.39 is 6.10 Å². The van der Waals surface area contributed by atoms with Crippen molar-refractivity contribution >= 4 is 5.91 Å². The third-order valence-corrected chi connectivity index (χ3v) is 3.87. The van der Waals surface area contributed by atoms with Crippen molar-refractivity contribution in [2.24, 2.45) is 17.6 Å². The fourth-order valence-electron chi connectivity index (χ4n) is 2.61. The zero-order chi connectivity index (χ0) is 12.1. The van der Waals surface area contributed by atoms with E-state index in [1.54, 1.807) is 0 Å². The summed E-state index contributed by atoms with van der Waals surface area (Å²) in [4.78, 5) is 11.8. The van der Waals surface area contributed by atoms with Gasteiger partial charge in [-0.1, -0.05) is 20.3 Å². The van der Waals surface area contributed by atoms with E-state index in [2.05, 4.69) is 19.2 Å². The summed E-state index contributed by atoms with van der Waals surface area (Å²) in [6.45, 7) is 4.67. The molecule has 0 aromatic heterocycles. The number of nitrogens with two attached hydrogens (primary N) is 1. The molecule has 1 fully saturated rings. The van der Waals surface area contributed by atoms with Crippen LogP contribution >= 0.6 is 0 Å². The summed E-state index contributed by atoms with van der Waals surface area (Å²) in [7, 11) is 1.52. The second-order valence-electron chi connectivity index (χ2n) is 4.68. The van der Waals surface area contributed by atoms with E-state index in [0.29, 0.717) is 12.0 Å². The highest BCUT2D eigenvalue weighted by Gasteiger charge is 2.33. The van der Waals surface area contributed by atoms with Gasteiger partial charge < -0.3 is 15.8 Å². The molecule has 1 amide bonds. The molecule has 0 radical (unpaired) electrons. The highest BCUT2D eigenvalue weighted by molar-refractivity contribution is 5.81. The molecule has 4 unspecified atom stereocenters. The second kappa shape index (κ2) is 6.21. The van der Waals surface area contributed by atoms with Crippen molar-refractivity contribution in [1.82, 2.24) is 5.32 Å². The van der Waals surface area contributed by atoms with Gasteiger partial charge in [0.1, 0.15) is 6.10 Å². The zero-order valence-corrected chi connectivity index (χ0v) is 10.5. The van der Waals surface area contributed by atoms with Crippen LogP contribution in [0.15, 0.2) is 0 Å². The molecule has 4 heteroatoms. The highest BCUT2D eigenvalue weighted by Crippen LogP contribution is 2.33. The maximum absolute atomic E-state index is 11.8. The molecular formula is C12H24N2O2. The lowest BCUT2D eigenvalue weighted by molar-refractivity contribution is -0.131. The van der Waals surface area contributed by atoms with Gasteiger partial charge in [0.05, 0.1) is 0 Å². The van der Waals surface area contributed by atoms with E-state index in [-0.39, 0.29) is 12.5 Å². The van der Waals surface area contributed by atoms with E-state index in [4.69, 9.17) is 10.5 Å². The number of rotatable bonds is 5. The Morgan fingerprint density at radius 1 is 1.56 bits per heavy atom. The molecule has 0 aliphatic heterocycles. The molecule has 0 aromatic carbocycles. The summed E-state index contributed by atoms with van der Waals surface area (Å²) in [6.07, 6.45) is 2.97. The minimum Gasteiger partial charge on any atom is -0.370 e. The molecule has 1 rings (SSSR count). The SMILES string of the molecule is CCC1CCC(NC(=O)C(CN)OC)C1C. The minimum absolute atomic E-state index is 0.0707. The Morgan fingerprint density at radius 2 is 2.25 bits per heavy atom. The third kappa shape index (κ3) is 2.95. The number of methoxy groups -OCH3 is 1. The Bertz CT molecular complexity index is 229. The van der Waals surface area contributed by atoms with Crippen LogP contribution < -0.4 is 11.1 Å². The molecule has 4 nitrogen and oxygen atoms in total. The molecule has 0 aromatic rings. The van der Waals surface area contributed by atoms with Crippen molar-refractivity contribution in [1.29, 1.82) is 0 Å². The molecule has 0 saturated heterocycles. The molecule has 4 atom stereocenters. The molecule has 16 heavy (non-hydrogen) atoms. The van der Waals surface area contributed by atoms with Gasteiger partial charge in [0.25, 0.3) is 5.91 Å². The molecule has 94 valence electrons. The van der Waals surface area contributed by atoms with Gasteiger partial charge in [0.15, 0.2) is 0 Å². The molecule has 1 aliphatic carbocycles. The number of nitrogens with one attached hydrogen (secondary N) is 1. The number of carbonyl (C=O) groups excluding carboxylic acids is 1. The van der Waals surface area contributed by atoms with Gasteiger partial charge in [0, 0.05) is 19.7 Å². The van der Waals surface area contributed by atoms with Crippen molar-refractivity contribution in [2.45, 2.75) is 45.3 Å². The van der Waals surface area contributed by atoms with Crippen molar-refractivity contribution in [2.75, 3.05) is 13.7 Å². The lowest BCUT2D eigenvalue weighted by Crippen LogP contribution is -2.46. The van der Waals surface area contributed by atoms with Gasteiger partial charge in [-0.25, -0.2) is 0 Å². The van der Waals surface area contributed by atoms with Gasteiger partial charge in [-0.2, -0.15) is 0 Å². The lowest BCUT2D eigenvalue weighted by Gasteiger charge is -2.23. The largest absolute Gasteiger partial charge is 0.370 e. The summed E-state index contributed by atoms with van der Waals surface area (Å²) in [5.41, 5.74) is 5.46. The Morgan fingerprint density at radius 3 is 2.69 bits per heavy atom. The van der Waals surface area contributed by atoms with Crippen molar-refractivity contribution in [3.8, 4) is 0 Å². The quantitative estimate of drug-likeness (QED) is 0.735. The molecule has 0 spiro atoms. The van der Waals surface area contributed by atoms with Crippen LogP contribution in [0.2, 0.25) is 0 Å². The van der Waals surface area contributed by atoms with Gasteiger partial charge in [0.2, 0.25) is 0 Å². The second-order valence-corrected chi connectivity index (χ2v) is 4.68. The first-order valence-electron chi connectivity index (χ1n) is 6.17. The summed E-state index contributed by atoms with van der Waals surface area (Å²) in [6, 6.07) is 0.293. The summed E-state index contributed by atoms with van der Waals surface area (Å²) in [5, 5.41) is 3.05. The number of ether oxygens (including phenoxy) is 1. The first kappa shape index (κ1) is 13.5. The summed E-state index contributed by atoms with van der Waals surface area (Å²) >= 11 is 0. The van der Waals surface area contributed by atoms with Crippen LogP contribution in [0.25, 0.3) is 0 Å². The number of hydrogen-bond acceptors (Lipinski definition) is 3.